The topological polar surface area (TPSA) is 164 Å². The van der Waals surface area contributed by atoms with Crippen LogP contribution in [0.15, 0.2) is 48.5 Å². The van der Waals surface area contributed by atoms with Crippen LogP contribution in [0.1, 0.15) is 17.3 Å². The van der Waals surface area contributed by atoms with E-state index in [2.05, 4.69) is 40.9 Å². The van der Waals surface area contributed by atoms with Crippen molar-refractivity contribution in [2.45, 2.75) is 6.92 Å². The molecule has 2 aromatic carbocycles. The number of carbonyl (C=O) groups excluding carboxylic acids is 2. The summed E-state index contributed by atoms with van der Waals surface area (Å²) in [6.45, 7) is 1.87. The molecular weight excluding hydrogens is 470 g/mol. The number of tetrazole rings is 2. The molecule has 0 bridgehead atoms. The SMILES string of the molecule is Cc1ccc(-c2nnn(C)n2)cc1.O=CO[O-].O=Cc1ccc(-c2nn[nH]n2)cc1.[H-].[K+].[K+]. The molecule has 14 heteroatoms. The van der Waals surface area contributed by atoms with Crippen LogP contribution in [0.3, 0.4) is 0 Å². The first kappa shape index (κ1) is 31.0. The van der Waals surface area contributed by atoms with E-state index >= 15 is 0 Å². The standard InChI is InChI=1S/C9H10N4.C8H6N4O.CH2O3.2K.H/c1-7-3-5-8(6-4-7)9-10-12-13(2)11-9;13-5-6-1-3-7(4-2-6)8-9-11-12-10-8;2-1-4-3;;;/h3-6H,1-2H3;1-5H,(H,9,10,11,12);1,3H;;;/q;;;2*+1;-1/p-1. The monoisotopic (exact) mass is 488 g/mol. The summed E-state index contributed by atoms with van der Waals surface area (Å²) in [4.78, 5) is 23.1. The smallest absolute Gasteiger partial charge is 1.00 e. The second-order valence-corrected chi connectivity index (χ2v) is 5.64. The van der Waals surface area contributed by atoms with Crippen molar-refractivity contribution in [2.24, 2.45) is 7.05 Å². The molecule has 4 rings (SSSR count). The average Bonchev–Trinajstić information content (AvgIpc) is 3.47. The van der Waals surface area contributed by atoms with Crippen LogP contribution in [-0.2, 0) is 16.7 Å². The minimum absolute atomic E-state index is 0. The van der Waals surface area contributed by atoms with E-state index in [-0.39, 0.29) is 111 Å². The van der Waals surface area contributed by atoms with E-state index in [4.69, 9.17) is 10.1 Å². The molecule has 0 saturated carbocycles. The van der Waals surface area contributed by atoms with Gasteiger partial charge in [-0.3, -0.25) is 9.59 Å². The van der Waals surface area contributed by atoms with Gasteiger partial charge in [0.1, 0.15) is 6.29 Å². The maximum Gasteiger partial charge on any atom is 1.00 e. The van der Waals surface area contributed by atoms with E-state index in [1.54, 1.807) is 31.3 Å². The van der Waals surface area contributed by atoms with Gasteiger partial charge in [-0.15, -0.1) is 20.4 Å². The first-order chi connectivity index (χ1) is 14.6. The Kier molecular flexibility index (Phi) is 16.9. The molecular formula is C18H18K2N8O4. The molecule has 0 atom stereocenters. The van der Waals surface area contributed by atoms with E-state index < -0.39 is 0 Å². The Balaban J connectivity index is 0. The van der Waals surface area contributed by atoms with Crippen molar-refractivity contribution < 1.29 is 124 Å². The molecule has 0 fully saturated rings. The number of aryl methyl sites for hydroxylation is 2. The van der Waals surface area contributed by atoms with Crippen molar-refractivity contribution >= 4 is 12.8 Å². The third-order valence-corrected chi connectivity index (χ3v) is 3.51. The number of benzene rings is 2. The van der Waals surface area contributed by atoms with Gasteiger partial charge in [0.15, 0.2) is 0 Å². The number of rotatable bonds is 4. The third kappa shape index (κ3) is 10.7. The van der Waals surface area contributed by atoms with Gasteiger partial charge >= 0.3 is 103 Å². The molecule has 0 spiro atoms. The zero-order valence-electron chi connectivity index (χ0n) is 19.0. The van der Waals surface area contributed by atoms with Gasteiger partial charge in [0, 0.05) is 16.7 Å². The fourth-order valence-electron chi connectivity index (χ4n) is 2.10. The van der Waals surface area contributed by atoms with Crippen molar-refractivity contribution in [1.29, 1.82) is 0 Å². The number of carbonyl (C=O) groups is 2. The number of aldehydes is 1. The van der Waals surface area contributed by atoms with Crippen LogP contribution in [0.5, 0.6) is 0 Å². The summed E-state index contributed by atoms with van der Waals surface area (Å²) in [5.41, 5.74) is 3.69. The molecule has 12 nitrogen and oxygen atoms in total. The second-order valence-electron chi connectivity index (χ2n) is 5.64. The van der Waals surface area contributed by atoms with E-state index in [0.717, 1.165) is 17.4 Å². The Morgan fingerprint density at radius 2 is 1.53 bits per heavy atom. The second kappa shape index (κ2) is 17.4. The normalized spacial score (nSPS) is 8.84. The predicted octanol–water partition coefficient (Wildman–Crippen LogP) is -5.58. The molecule has 4 aromatic rings. The van der Waals surface area contributed by atoms with Crippen LogP contribution in [0.25, 0.3) is 22.8 Å². The molecule has 0 aliphatic heterocycles. The number of nitrogens with zero attached hydrogens (tertiary/aromatic N) is 7. The summed E-state index contributed by atoms with van der Waals surface area (Å²) in [5, 5.41) is 33.6. The van der Waals surface area contributed by atoms with Gasteiger partial charge in [-0.05, 0) is 17.4 Å². The molecule has 0 aliphatic rings. The molecule has 0 amide bonds. The number of hydrogen-bond acceptors (Lipinski definition) is 10. The number of aromatic amines is 1. The summed E-state index contributed by atoms with van der Waals surface area (Å²) in [6, 6.07) is 15.0. The molecule has 0 unspecified atom stereocenters. The summed E-state index contributed by atoms with van der Waals surface area (Å²) >= 11 is 0. The van der Waals surface area contributed by atoms with E-state index in [1.165, 1.54) is 10.4 Å². The van der Waals surface area contributed by atoms with Gasteiger partial charge in [-0.25, -0.2) is 0 Å². The van der Waals surface area contributed by atoms with Crippen LogP contribution >= 0.6 is 0 Å². The van der Waals surface area contributed by atoms with Gasteiger partial charge in [-0.1, -0.05) is 54.1 Å². The van der Waals surface area contributed by atoms with Crippen LogP contribution < -0.4 is 108 Å². The molecule has 0 saturated heterocycles. The first-order valence-electron chi connectivity index (χ1n) is 8.39. The zero-order chi connectivity index (χ0) is 21.8. The Morgan fingerprint density at radius 3 is 1.97 bits per heavy atom. The molecule has 2 heterocycles. The van der Waals surface area contributed by atoms with Crippen molar-refractivity contribution in [3.63, 3.8) is 0 Å². The van der Waals surface area contributed by atoms with Gasteiger partial charge in [0.05, 0.1) is 7.05 Å². The Hall–Kier alpha value is -1.05. The fraction of sp³-hybridized carbons (Fsp3) is 0.111. The Labute approximate surface area is 269 Å². The Bertz CT molecular complexity index is 1050. The molecule has 2 aromatic heterocycles. The largest absolute Gasteiger partial charge is 1.00 e. The maximum atomic E-state index is 10.4. The maximum absolute atomic E-state index is 10.4. The first-order valence-corrected chi connectivity index (χ1v) is 8.39. The minimum Gasteiger partial charge on any atom is -1.00 e. The quantitative estimate of drug-likeness (QED) is 0.127. The Morgan fingerprint density at radius 1 is 0.969 bits per heavy atom. The number of hydrogen-bond donors (Lipinski definition) is 1. The van der Waals surface area contributed by atoms with Crippen molar-refractivity contribution in [3.05, 3.63) is 59.7 Å². The van der Waals surface area contributed by atoms with Crippen LogP contribution in [0.4, 0.5) is 0 Å². The van der Waals surface area contributed by atoms with E-state index in [0.29, 0.717) is 17.2 Å². The summed E-state index contributed by atoms with van der Waals surface area (Å²) in [6.07, 6.45) is 0.792. The zero-order valence-corrected chi connectivity index (χ0v) is 24.3. The fourth-order valence-corrected chi connectivity index (χ4v) is 2.10. The van der Waals surface area contributed by atoms with Crippen molar-refractivity contribution in [2.75, 3.05) is 0 Å². The molecule has 0 aliphatic carbocycles. The van der Waals surface area contributed by atoms with Gasteiger partial charge in [-0.2, -0.15) is 10.0 Å². The summed E-state index contributed by atoms with van der Waals surface area (Å²) in [7, 11) is 1.75. The van der Waals surface area contributed by atoms with Gasteiger partial charge < -0.3 is 11.6 Å². The molecule has 0 radical (unpaired) electrons. The molecule has 156 valence electrons. The number of aromatic nitrogens is 8. The van der Waals surface area contributed by atoms with Crippen LogP contribution in [0.2, 0.25) is 0 Å². The van der Waals surface area contributed by atoms with Crippen molar-refractivity contribution in [1.82, 2.24) is 40.8 Å². The van der Waals surface area contributed by atoms with Gasteiger partial charge in [0.25, 0.3) is 6.47 Å². The number of nitrogens with one attached hydrogen (secondary N) is 1. The van der Waals surface area contributed by atoms with E-state index in [1.807, 2.05) is 31.2 Å². The molecule has 1 N–H and O–H groups in total. The average molecular weight is 489 g/mol. The third-order valence-electron chi connectivity index (χ3n) is 3.51. The minimum atomic E-state index is -0.181. The summed E-state index contributed by atoms with van der Waals surface area (Å²) < 4.78 is 0. The molecule has 32 heavy (non-hydrogen) atoms. The van der Waals surface area contributed by atoms with Gasteiger partial charge in [0.2, 0.25) is 11.6 Å². The predicted molar refractivity (Wildman–Crippen MR) is 102 cm³/mol. The summed E-state index contributed by atoms with van der Waals surface area (Å²) in [5.74, 6) is 1.19. The van der Waals surface area contributed by atoms with E-state index in [9.17, 15) is 4.79 Å². The van der Waals surface area contributed by atoms with Crippen LogP contribution in [0, 0.1) is 6.92 Å². The number of H-pyrrole nitrogens is 1. The van der Waals surface area contributed by atoms with Crippen LogP contribution in [-0.4, -0.2) is 53.6 Å². The van der Waals surface area contributed by atoms with Crippen molar-refractivity contribution in [3.8, 4) is 22.8 Å².